The summed E-state index contributed by atoms with van der Waals surface area (Å²) in [5.74, 6) is 0.980. The van der Waals surface area contributed by atoms with E-state index in [2.05, 4.69) is 26.6 Å². The lowest BCUT2D eigenvalue weighted by Gasteiger charge is -2.32. The molecular weight excluding hydrogens is 300 g/mol. The Balaban J connectivity index is 1.32. The fourth-order valence-corrected chi connectivity index (χ4v) is 3.76. The molecule has 2 aliphatic rings. The third-order valence-electron chi connectivity index (χ3n) is 5.30. The molecule has 1 aromatic heterocycles. The number of nitrogens with one attached hydrogen (secondary N) is 2. The number of carbonyl (C=O) groups excluding carboxylic acids is 1. The Morgan fingerprint density at radius 3 is 2.71 bits per heavy atom. The van der Waals surface area contributed by atoms with Gasteiger partial charge in [0.15, 0.2) is 0 Å². The Morgan fingerprint density at radius 2 is 2.00 bits per heavy atom. The van der Waals surface area contributed by atoms with Crippen LogP contribution in [0.25, 0.3) is 0 Å². The summed E-state index contributed by atoms with van der Waals surface area (Å²) in [6.07, 6.45) is 8.13. The fourth-order valence-electron chi connectivity index (χ4n) is 3.76. The van der Waals surface area contributed by atoms with Crippen molar-refractivity contribution in [2.75, 3.05) is 26.2 Å². The van der Waals surface area contributed by atoms with E-state index in [1.807, 2.05) is 18.3 Å². The first-order chi connectivity index (χ1) is 11.8. The van der Waals surface area contributed by atoms with Crippen molar-refractivity contribution in [1.29, 1.82) is 0 Å². The molecular formula is C19H30N4O. The molecule has 0 radical (unpaired) electrons. The van der Waals surface area contributed by atoms with Gasteiger partial charge in [-0.25, -0.2) is 0 Å². The number of hydrogen-bond donors (Lipinski definition) is 2. The number of aromatic nitrogens is 1. The summed E-state index contributed by atoms with van der Waals surface area (Å²) >= 11 is 0. The zero-order chi connectivity index (χ0) is 16.6. The van der Waals surface area contributed by atoms with Gasteiger partial charge in [0.25, 0.3) is 0 Å². The highest BCUT2D eigenvalue weighted by Crippen LogP contribution is 2.18. The molecule has 5 heteroatoms. The summed E-state index contributed by atoms with van der Waals surface area (Å²) < 4.78 is 0. The summed E-state index contributed by atoms with van der Waals surface area (Å²) in [6.45, 7) is 5.21. The maximum Gasteiger partial charge on any atom is 0.220 e. The molecule has 1 amide bonds. The predicted octanol–water partition coefficient (Wildman–Crippen LogP) is 1.94. The van der Waals surface area contributed by atoms with Crippen molar-refractivity contribution in [3.8, 4) is 0 Å². The number of piperidine rings is 2. The summed E-state index contributed by atoms with van der Waals surface area (Å²) in [4.78, 5) is 19.0. The molecule has 2 aliphatic heterocycles. The van der Waals surface area contributed by atoms with Crippen molar-refractivity contribution in [2.24, 2.45) is 5.92 Å². The number of pyridine rings is 1. The van der Waals surface area contributed by atoms with Crippen LogP contribution in [0.4, 0.5) is 0 Å². The first kappa shape index (κ1) is 17.4. The van der Waals surface area contributed by atoms with Gasteiger partial charge >= 0.3 is 0 Å². The van der Waals surface area contributed by atoms with Crippen LogP contribution in [0.3, 0.4) is 0 Å². The fraction of sp³-hybridized carbons (Fsp3) is 0.684. The molecule has 3 heterocycles. The molecule has 1 aromatic rings. The van der Waals surface area contributed by atoms with Crippen molar-refractivity contribution in [2.45, 2.75) is 51.1 Å². The molecule has 0 spiro atoms. The highest BCUT2D eigenvalue weighted by Gasteiger charge is 2.21. The Labute approximate surface area is 145 Å². The highest BCUT2D eigenvalue weighted by molar-refractivity contribution is 5.76. The second kappa shape index (κ2) is 9.14. The number of rotatable bonds is 6. The van der Waals surface area contributed by atoms with E-state index in [-0.39, 0.29) is 5.91 Å². The third kappa shape index (κ3) is 5.56. The molecule has 0 atom stereocenters. The Bertz CT molecular complexity index is 493. The minimum absolute atomic E-state index is 0.247. The van der Waals surface area contributed by atoms with Crippen LogP contribution < -0.4 is 10.6 Å². The van der Waals surface area contributed by atoms with Crippen LogP contribution in [0, 0.1) is 5.92 Å². The van der Waals surface area contributed by atoms with Gasteiger partial charge in [-0.15, -0.1) is 0 Å². The molecule has 0 bridgehead atoms. The quantitative estimate of drug-likeness (QED) is 0.837. The standard InChI is InChI=1S/C19H30N4O/c24-19(5-4-16-6-11-20-12-7-16)22-17-8-13-23(14-9-17)15-18-3-1-2-10-21-18/h1-3,10,16-17,20H,4-9,11-15H2,(H,22,24). The molecule has 0 unspecified atom stereocenters. The van der Waals surface area contributed by atoms with Crippen LogP contribution in [0.5, 0.6) is 0 Å². The van der Waals surface area contributed by atoms with Gasteiger partial charge in [0, 0.05) is 38.3 Å². The largest absolute Gasteiger partial charge is 0.353 e. The molecule has 0 aliphatic carbocycles. The van der Waals surface area contributed by atoms with Crippen molar-refractivity contribution in [1.82, 2.24) is 20.5 Å². The molecule has 0 saturated carbocycles. The second-order valence-corrected chi connectivity index (χ2v) is 7.17. The zero-order valence-electron chi connectivity index (χ0n) is 14.5. The average Bonchev–Trinajstić information content (AvgIpc) is 2.63. The van der Waals surface area contributed by atoms with Gasteiger partial charge in [0.2, 0.25) is 5.91 Å². The molecule has 132 valence electrons. The molecule has 24 heavy (non-hydrogen) atoms. The number of likely N-dealkylation sites (tertiary alicyclic amines) is 1. The molecule has 2 N–H and O–H groups in total. The van der Waals surface area contributed by atoms with Crippen molar-refractivity contribution < 1.29 is 4.79 Å². The summed E-state index contributed by atoms with van der Waals surface area (Å²) in [5.41, 5.74) is 1.13. The van der Waals surface area contributed by atoms with Gasteiger partial charge in [0.1, 0.15) is 0 Å². The third-order valence-corrected chi connectivity index (χ3v) is 5.30. The van der Waals surface area contributed by atoms with E-state index < -0.39 is 0 Å². The van der Waals surface area contributed by atoms with E-state index in [1.165, 1.54) is 12.8 Å². The van der Waals surface area contributed by atoms with Gasteiger partial charge in [-0.3, -0.25) is 14.7 Å². The number of nitrogens with zero attached hydrogens (tertiary/aromatic N) is 2. The van der Waals surface area contributed by atoms with E-state index in [0.717, 1.165) is 63.6 Å². The Morgan fingerprint density at radius 1 is 1.21 bits per heavy atom. The SMILES string of the molecule is O=C(CCC1CCNCC1)NC1CCN(Cc2ccccn2)CC1. The van der Waals surface area contributed by atoms with Gasteiger partial charge in [0.05, 0.1) is 5.69 Å². The zero-order valence-corrected chi connectivity index (χ0v) is 14.5. The van der Waals surface area contributed by atoms with Crippen LogP contribution in [-0.4, -0.2) is 48.0 Å². The topological polar surface area (TPSA) is 57.3 Å². The van der Waals surface area contributed by atoms with Crippen LogP contribution in [-0.2, 0) is 11.3 Å². The maximum atomic E-state index is 12.2. The van der Waals surface area contributed by atoms with Gasteiger partial charge in [-0.1, -0.05) is 6.07 Å². The van der Waals surface area contributed by atoms with E-state index in [1.54, 1.807) is 0 Å². The van der Waals surface area contributed by atoms with Gasteiger partial charge in [-0.05, 0) is 63.2 Å². The van der Waals surface area contributed by atoms with Crippen molar-refractivity contribution in [3.63, 3.8) is 0 Å². The number of amides is 1. The Hall–Kier alpha value is -1.46. The molecule has 3 rings (SSSR count). The molecule has 5 nitrogen and oxygen atoms in total. The predicted molar refractivity (Wildman–Crippen MR) is 95.5 cm³/mol. The summed E-state index contributed by atoms with van der Waals surface area (Å²) in [5, 5.41) is 6.63. The van der Waals surface area contributed by atoms with Gasteiger partial charge < -0.3 is 10.6 Å². The van der Waals surface area contributed by atoms with E-state index in [0.29, 0.717) is 12.5 Å². The molecule has 0 aromatic carbocycles. The van der Waals surface area contributed by atoms with E-state index >= 15 is 0 Å². The maximum absolute atomic E-state index is 12.2. The van der Waals surface area contributed by atoms with Crippen molar-refractivity contribution >= 4 is 5.91 Å². The van der Waals surface area contributed by atoms with Gasteiger partial charge in [-0.2, -0.15) is 0 Å². The smallest absolute Gasteiger partial charge is 0.220 e. The lowest BCUT2D eigenvalue weighted by Crippen LogP contribution is -2.44. The van der Waals surface area contributed by atoms with Crippen LogP contribution in [0.1, 0.15) is 44.2 Å². The lowest BCUT2D eigenvalue weighted by molar-refractivity contribution is -0.122. The minimum atomic E-state index is 0.247. The first-order valence-electron chi connectivity index (χ1n) is 9.42. The Kier molecular flexibility index (Phi) is 6.61. The van der Waals surface area contributed by atoms with Crippen LogP contribution in [0.2, 0.25) is 0 Å². The first-order valence-corrected chi connectivity index (χ1v) is 9.42. The van der Waals surface area contributed by atoms with E-state index in [9.17, 15) is 4.79 Å². The van der Waals surface area contributed by atoms with Crippen LogP contribution in [0.15, 0.2) is 24.4 Å². The summed E-state index contributed by atoms with van der Waals surface area (Å²) in [6, 6.07) is 6.42. The number of carbonyl (C=O) groups is 1. The second-order valence-electron chi connectivity index (χ2n) is 7.17. The highest BCUT2D eigenvalue weighted by atomic mass is 16.1. The molecule has 2 fully saturated rings. The molecule has 2 saturated heterocycles. The summed E-state index contributed by atoms with van der Waals surface area (Å²) in [7, 11) is 0. The minimum Gasteiger partial charge on any atom is -0.353 e. The van der Waals surface area contributed by atoms with E-state index in [4.69, 9.17) is 0 Å². The van der Waals surface area contributed by atoms with Crippen molar-refractivity contribution in [3.05, 3.63) is 30.1 Å². The number of hydrogen-bond acceptors (Lipinski definition) is 4. The lowest BCUT2D eigenvalue weighted by atomic mass is 9.93. The monoisotopic (exact) mass is 330 g/mol. The van der Waals surface area contributed by atoms with Crippen LogP contribution >= 0.6 is 0 Å². The normalized spacial score (nSPS) is 20.8. The average molecular weight is 330 g/mol.